The molecule has 0 unspecified atom stereocenters. The number of amides is 1. The second kappa shape index (κ2) is 5.18. The maximum atomic E-state index is 11.8. The van der Waals surface area contributed by atoms with Crippen LogP contribution in [0, 0.1) is 5.92 Å². The Morgan fingerprint density at radius 3 is 2.56 bits per heavy atom. The highest BCUT2D eigenvalue weighted by atomic mass is 16.4. The van der Waals surface area contributed by atoms with Crippen molar-refractivity contribution in [3.05, 3.63) is 35.9 Å². The van der Waals surface area contributed by atoms with Gasteiger partial charge in [-0.05, 0) is 5.56 Å². The maximum absolute atomic E-state index is 11.8. The molecule has 1 fully saturated rings. The van der Waals surface area contributed by atoms with Crippen LogP contribution >= 0.6 is 0 Å². The number of likely N-dealkylation sites (tertiary alicyclic amines) is 1. The SMILES string of the molecule is O=C(O)[C@H]1CC(=O)N(CCO)[C@@H]1c1ccccc1. The standard InChI is InChI=1S/C13H15NO4/c15-7-6-14-11(16)8-10(13(17)18)12(14)9-4-2-1-3-5-9/h1-5,10,12,15H,6-8H2,(H,17,18)/t10-,12+/m0/s1. The van der Waals surface area contributed by atoms with Gasteiger partial charge in [0.25, 0.3) is 0 Å². The molecule has 1 aliphatic rings. The predicted octanol–water partition coefficient (Wildman–Crippen LogP) is 0.653. The summed E-state index contributed by atoms with van der Waals surface area (Å²) in [4.78, 5) is 24.5. The van der Waals surface area contributed by atoms with E-state index >= 15 is 0 Å². The number of nitrogens with zero attached hydrogens (tertiary/aromatic N) is 1. The Hall–Kier alpha value is -1.88. The van der Waals surface area contributed by atoms with Gasteiger partial charge >= 0.3 is 5.97 Å². The topological polar surface area (TPSA) is 77.8 Å². The lowest BCUT2D eigenvalue weighted by molar-refractivity contribution is -0.142. The maximum Gasteiger partial charge on any atom is 0.309 e. The van der Waals surface area contributed by atoms with Crippen molar-refractivity contribution in [2.24, 2.45) is 5.92 Å². The Bertz CT molecular complexity index is 446. The molecule has 1 amide bonds. The zero-order valence-corrected chi connectivity index (χ0v) is 9.82. The van der Waals surface area contributed by atoms with Crippen LogP contribution in [0.2, 0.25) is 0 Å². The summed E-state index contributed by atoms with van der Waals surface area (Å²) in [6.45, 7) is 0.00356. The van der Waals surface area contributed by atoms with E-state index in [0.717, 1.165) is 5.56 Å². The van der Waals surface area contributed by atoms with Crippen molar-refractivity contribution in [3.8, 4) is 0 Å². The zero-order chi connectivity index (χ0) is 13.1. The van der Waals surface area contributed by atoms with Gasteiger partial charge in [-0.1, -0.05) is 30.3 Å². The number of rotatable bonds is 4. The largest absolute Gasteiger partial charge is 0.481 e. The molecule has 0 bridgehead atoms. The lowest BCUT2D eigenvalue weighted by atomic mass is 9.94. The summed E-state index contributed by atoms with van der Waals surface area (Å²) in [5.41, 5.74) is 0.796. The molecule has 0 spiro atoms. The van der Waals surface area contributed by atoms with E-state index in [2.05, 4.69) is 0 Å². The van der Waals surface area contributed by atoms with Gasteiger partial charge in [0.15, 0.2) is 0 Å². The molecular weight excluding hydrogens is 234 g/mol. The molecule has 0 aromatic heterocycles. The fourth-order valence-electron chi connectivity index (χ4n) is 2.45. The Morgan fingerprint density at radius 2 is 2.00 bits per heavy atom. The minimum Gasteiger partial charge on any atom is -0.481 e. The third-order valence-corrected chi connectivity index (χ3v) is 3.23. The summed E-state index contributed by atoms with van der Waals surface area (Å²) in [6.07, 6.45) is -0.00507. The molecule has 1 aromatic rings. The second-order valence-corrected chi connectivity index (χ2v) is 4.32. The third kappa shape index (κ3) is 2.22. The number of aliphatic hydroxyl groups is 1. The second-order valence-electron chi connectivity index (χ2n) is 4.32. The van der Waals surface area contributed by atoms with Gasteiger partial charge in [-0.3, -0.25) is 9.59 Å². The number of carbonyl (C=O) groups excluding carboxylic acids is 1. The molecule has 2 rings (SSSR count). The average molecular weight is 249 g/mol. The van der Waals surface area contributed by atoms with Gasteiger partial charge in [-0.25, -0.2) is 0 Å². The van der Waals surface area contributed by atoms with E-state index < -0.39 is 17.9 Å². The number of carboxylic acid groups (broad SMARTS) is 1. The lowest BCUT2D eigenvalue weighted by Crippen LogP contribution is -2.32. The first-order chi connectivity index (χ1) is 8.65. The minimum absolute atomic E-state index is 0.00507. The van der Waals surface area contributed by atoms with Crippen molar-refractivity contribution in [3.63, 3.8) is 0 Å². The van der Waals surface area contributed by atoms with Crippen LogP contribution in [0.15, 0.2) is 30.3 Å². The fraction of sp³-hybridized carbons (Fsp3) is 0.385. The van der Waals surface area contributed by atoms with Crippen LogP contribution in [0.1, 0.15) is 18.0 Å². The number of aliphatic carboxylic acids is 1. The minimum atomic E-state index is -0.974. The smallest absolute Gasteiger partial charge is 0.309 e. The van der Waals surface area contributed by atoms with Crippen molar-refractivity contribution in [1.29, 1.82) is 0 Å². The molecule has 1 aliphatic heterocycles. The highest BCUT2D eigenvalue weighted by Crippen LogP contribution is 2.37. The Morgan fingerprint density at radius 1 is 1.33 bits per heavy atom. The van der Waals surface area contributed by atoms with Gasteiger partial charge in [0.2, 0.25) is 5.91 Å². The van der Waals surface area contributed by atoms with Crippen molar-refractivity contribution in [2.45, 2.75) is 12.5 Å². The molecule has 5 heteroatoms. The average Bonchev–Trinajstić information content (AvgIpc) is 2.69. The molecule has 18 heavy (non-hydrogen) atoms. The van der Waals surface area contributed by atoms with E-state index in [-0.39, 0.29) is 25.5 Å². The first-order valence-corrected chi connectivity index (χ1v) is 5.83. The van der Waals surface area contributed by atoms with E-state index in [4.69, 9.17) is 5.11 Å². The molecule has 0 radical (unpaired) electrons. The van der Waals surface area contributed by atoms with Crippen molar-refractivity contribution in [2.75, 3.05) is 13.2 Å². The van der Waals surface area contributed by atoms with Gasteiger partial charge in [0.1, 0.15) is 0 Å². The molecule has 1 saturated heterocycles. The summed E-state index contributed by atoms with van der Waals surface area (Å²) in [7, 11) is 0. The van der Waals surface area contributed by atoms with Crippen molar-refractivity contribution < 1.29 is 19.8 Å². The summed E-state index contributed by atoms with van der Waals surface area (Å²) in [5, 5.41) is 18.2. The predicted molar refractivity (Wildman–Crippen MR) is 63.7 cm³/mol. The van der Waals surface area contributed by atoms with E-state index in [9.17, 15) is 14.7 Å². The van der Waals surface area contributed by atoms with Crippen LogP contribution in [-0.2, 0) is 9.59 Å². The van der Waals surface area contributed by atoms with Crippen LogP contribution in [0.3, 0.4) is 0 Å². The number of β-amino-alcohol motifs (C(OH)–C–C–N with tert-alkyl or cyclic N) is 1. The zero-order valence-electron chi connectivity index (χ0n) is 9.82. The lowest BCUT2D eigenvalue weighted by Gasteiger charge is -2.26. The number of aliphatic hydroxyl groups excluding tert-OH is 1. The first-order valence-electron chi connectivity index (χ1n) is 5.83. The van der Waals surface area contributed by atoms with Crippen molar-refractivity contribution in [1.82, 2.24) is 4.90 Å². The van der Waals surface area contributed by atoms with Gasteiger partial charge in [0.05, 0.1) is 18.6 Å². The van der Waals surface area contributed by atoms with Crippen LogP contribution < -0.4 is 0 Å². The van der Waals surface area contributed by atoms with E-state index in [1.54, 1.807) is 0 Å². The highest BCUT2D eigenvalue weighted by molar-refractivity contribution is 5.87. The molecule has 2 atom stereocenters. The van der Waals surface area contributed by atoms with Crippen LogP contribution in [0.5, 0.6) is 0 Å². The summed E-state index contributed by atoms with van der Waals surface area (Å²) in [5.74, 6) is -1.94. The van der Waals surface area contributed by atoms with Crippen molar-refractivity contribution >= 4 is 11.9 Å². The van der Waals surface area contributed by atoms with E-state index in [1.165, 1.54) is 4.90 Å². The first kappa shape index (κ1) is 12.6. The molecule has 96 valence electrons. The van der Waals surface area contributed by atoms with E-state index in [0.29, 0.717) is 0 Å². The summed E-state index contributed by atoms with van der Waals surface area (Å²) < 4.78 is 0. The van der Waals surface area contributed by atoms with E-state index in [1.807, 2.05) is 30.3 Å². The summed E-state index contributed by atoms with van der Waals surface area (Å²) in [6, 6.07) is 8.60. The Labute approximate surface area is 105 Å². The number of carboxylic acids is 1. The number of hydrogen-bond acceptors (Lipinski definition) is 3. The molecule has 0 aliphatic carbocycles. The summed E-state index contributed by atoms with van der Waals surface area (Å²) >= 11 is 0. The van der Waals surface area contributed by atoms with Gasteiger partial charge in [-0.15, -0.1) is 0 Å². The highest BCUT2D eigenvalue weighted by Gasteiger charge is 2.44. The number of hydrogen-bond donors (Lipinski definition) is 2. The Balaban J connectivity index is 2.36. The van der Waals surface area contributed by atoms with Gasteiger partial charge in [-0.2, -0.15) is 0 Å². The van der Waals surface area contributed by atoms with Gasteiger partial charge in [0, 0.05) is 13.0 Å². The molecule has 1 aromatic carbocycles. The monoisotopic (exact) mass is 249 g/mol. The normalized spacial score (nSPS) is 23.4. The third-order valence-electron chi connectivity index (χ3n) is 3.23. The van der Waals surface area contributed by atoms with Gasteiger partial charge < -0.3 is 15.1 Å². The molecular formula is C13H15NO4. The van der Waals surface area contributed by atoms with Crippen LogP contribution in [0.25, 0.3) is 0 Å². The molecule has 5 nitrogen and oxygen atoms in total. The van der Waals surface area contributed by atoms with Crippen LogP contribution in [0.4, 0.5) is 0 Å². The number of carbonyl (C=O) groups is 2. The fourth-order valence-corrected chi connectivity index (χ4v) is 2.45. The quantitative estimate of drug-likeness (QED) is 0.821. The molecule has 0 saturated carbocycles. The molecule has 1 heterocycles. The molecule has 2 N–H and O–H groups in total. The Kier molecular flexibility index (Phi) is 3.62. The van der Waals surface area contributed by atoms with Crippen LogP contribution in [-0.4, -0.2) is 40.1 Å². The number of benzene rings is 1.